The number of hydrogen-bond acceptors (Lipinski definition) is 5. The SMILES string of the molecule is Cn1c(=O)oc2cc(NC(=O)N3CCC(OCc4cccnc4)CC3)ccc21. The number of rotatable bonds is 4. The first kappa shape index (κ1) is 18.2. The van der Waals surface area contributed by atoms with Crippen molar-refractivity contribution in [3.8, 4) is 0 Å². The molecule has 0 radical (unpaired) electrons. The molecule has 4 rings (SSSR count). The third-order valence-corrected chi connectivity index (χ3v) is 4.98. The number of amides is 2. The molecule has 146 valence electrons. The third kappa shape index (κ3) is 3.91. The highest BCUT2D eigenvalue weighted by Gasteiger charge is 2.23. The maximum Gasteiger partial charge on any atom is 0.419 e. The Hall–Kier alpha value is -3.13. The fraction of sp³-hybridized carbons (Fsp3) is 0.350. The van der Waals surface area contributed by atoms with Gasteiger partial charge in [-0.1, -0.05) is 6.07 Å². The van der Waals surface area contributed by atoms with Crippen LogP contribution in [0.5, 0.6) is 0 Å². The number of nitrogens with zero attached hydrogens (tertiary/aromatic N) is 3. The molecule has 8 nitrogen and oxygen atoms in total. The van der Waals surface area contributed by atoms with E-state index in [0.29, 0.717) is 36.5 Å². The molecule has 0 spiro atoms. The molecule has 2 amide bonds. The monoisotopic (exact) mass is 382 g/mol. The Balaban J connectivity index is 1.30. The number of pyridine rings is 1. The summed E-state index contributed by atoms with van der Waals surface area (Å²) in [5.41, 5.74) is 2.79. The lowest BCUT2D eigenvalue weighted by atomic mass is 10.1. The van der Waals surface area contributed by atoms with Gasteiger partial charge in [0.05, 0.1) is 18.2 Å². The van der Waals surface area contributed by atoms with Gasteiger partial charge < -0.3 is 19.4 Å². The van der Waals surface area contributed by atoms with Gasteiger partial charge in [-0.3, -0.25) is 9.55 Å². The topological polar surface area (TPSA) is 89.6 Å². The van der Waals surface area contributed by atoms with Crippen LogP contribution >= 0.6 is 0 Å². The lowest BCUT2D eigenvalue weighted by molar-refractivity contribution is 0.00530. The number of fused-ring (bicyclic) bond motifs is 1. The molecule has 28 heavy (non-hydrogen) atoms. The van der Waals surface area contributed by atoms with Crippen molar-refractivity contribution in [3.05, 3.63) is 58.8 Å². The second-order valence-corrected chi connectivity index (χ2v) is 6.90. The molecule has 0 bridgehead atoms. The average molecular weight is 382 g/mol. The zero-order valence-electron chi connectivity index (χ0n) is 15.6. The van der Waals surface area contributed by atoms with Crippen molar-refractivity contribution >= 4 is 22.8 Å². The lowest BCUT2D eigenvalue weighted by Crippen LogP contribution is -2.43. The van der Waals surface area contributed by atoms with Crippen LogP contribution < -0.4 is 11.1 Å². The van der Waals surface area contributed by atoms with Crippen LogP contribution in [-0.4, -0.2) is 39.7 Å². The normalized spacial score (nSPS) is 15.1. The van der Waals surface area contributed by atoms with Crippen molar-refractivity contribution < 1.29 is 13.9 Å². The summed E-state index contributed by atoms with van der Waals surface area (Å²) in [6.07, 6.45) is 5.26. The van der Waals surface area contributed by atoms with E-state index in [9.17, 15) is 9.59 Å². The Bertz CT molecular complexity index is 1020. The number of oxazole rings is 1. The quantitative estimate of drug-likeness (QED) is 0.749. The van der Waals surface area contributed by atoms with Crippen LogP contribution in [0.3, 0.4) is 0 Å². The first-order valence-corrected chi connectivity index (χ1v) is 9.26. The Morgan fingerprint density at radius 3 is 2.89 bits per heavy atom. The molecular weight excluding hydrogens is 360 g/mol. The molecule has 0 aliphatic carbocycles. The number of aryl methyl sites for hydroxylation is 1. The van der Waals surface area contributed by atoms with Gasteiger partial charge in [-0.2, -0.15) is 0 Å². The number of likely N-dealkylation sites (tertiary alicyclic amines) is 1. The average Bonchev–Trinajstić information content (AvgIpc) is 3.00. The molecule has 3 heterocycles. The molecular formula is C20H22N4O4. The van der Waals surface area contributed by atoms with Gasteiger partial charge in [-0.05, 0) is 36.6 Å². The van der Waals surface area contributed by atoms with Crippen LogP contribution in [0, 0.1) is 0 Å². The summed E-state index contributed by atoms with van der Waals surface area (Å²) in [7, 11) is 1.65. The zero-order valence-corrected chi connectivity index (χ0v) is 15.6. The van der Waals surface area contributed by atoms with Gasteiger partial charge in [-0.25, -0.2) is 9.59 Å². The second kappa shape index (κ2) is 7.85. The predicted molar refractivity (Wildman–Crippen MR) is 104 cm³/mol. The minimum Gasteiger partial charge on any atom is -0.408 e. The van der Waals surface area contributed by atoms with Gasteiger partial charge in [0, 0.05) is 44.3 Å². The van der Waals surface area contributed by atoms with Crippen molar-refractivity contribution in [1.29, 1.82) is 0 Å². The molecule has 1 fully saturated rings. The molecule has 1 aliphatic rings. The fourth-order valence-corrected chi connectivity index (χ4v) is 3.34. The van der Waals surface area contributed by atoms with E-state index in [1.165, 1.54) is 4.57 Å². The Morgan fingerprint density at radius 2 is 2.14 bits per heavy atom. The van der Waals surface area contributed by atoms with E-state index < -0.39 is 5.76 Å². The van der Waals surface area contributed by atoms with Gasteiger partial charge in [0.2, 0.25) is 0 Å². The number of hydrogen-bond donors (Lipinski definition) is 1. The predicted octanol–water partition coefficient (Wildman–Crippen LogP) is 2.74. The third-order valence-electron chi connectivity index (χ3n) is 4.98. The highest BCUT2D eigenvalue weighted by Crippen LogP contribution is 2.20. The molecule has 2 aromatic heterocycles. The molecule has 1 N–H and O–H groups in total. The molecule has 0 unspecified atom stereocenters. The molecule has 0 atom stereocenters. The van der Waals surface area contributed by atoms with Crippen LogP contribution in [0.4, 0.5) is 10.5 Å². The van der Waals surface area contributed by atoms with E-state index in [1.807, 2.05) is 12.1 Å². The van der Waals surface area contributed by atoms with Gasteiger partial charge in [0.1, 0.15) is 0 Å². The molecule has 1 aliphatic heterocycles. The number of nitrogens with one attached hydrogen (secondary N) is 1. The number of aromatic nitrogens is 2. The number of carbonyl (C=O) groups is 1. The molecule has 1 aromatic carbocycles. The van der Waals surface area contributed by atoms with Gasteiger partial charge in [0.15, 0.2) is 5.58 Å². The Kier molecular flexibility index (Phi) is 5.12. The lowest BCUT2D eigenvalue weighted by Gasteiger charge is -2.32. The van der Waals surface area contributed by atoms with E-state index in [0.717, 1.165) is 18.4 Å². The van der Waals surface area contributed by atoms with E-state index in [2.05, 4.69) is 10.3 Å². The zero-order chi connectivity index (χ0) is 19.5. The van der Waals surface area contributed by atoms with E-state index in [4.69, 9.17) is 9.15 Å². The van der Waals surface area contributed by atoms with Crippen LogP contribution in [-0.2, 0) is 18.4 Å². The number of urea groups is 1. The first-order chi connectivity index (χ1) is 13.6. The Labute approximate surface area is 161 Å². The van der Waals surface area contributed by atoms with E-state index in [-0.39, 0.29) is 12.1 Å². The molecule has 8 heteroatoms. The van der Waals surface area contributed by atoms with Crippen molar-refractivity contribution in [3.63, 3.8) is 0 Å². The van der Waals surface area contributed by atoms with Gasteiger partial charge >= 0.3 is 11.8 Å². The first-order valence-electron chi connectivity index (χ1n) is 9.26. The van der Waals surface area contributed by atoms with Crippen molar-refractivity contribution in [2.45, 2.75) is 25.6 Å². The summed E-state index contributed by atoms with van der Waals surface area (Å²) in [6, 6.07) is 8.90. The number of ether oxygens (including phenoxy) is 1. The highest BCUT2D eigenvalue weighted by atomic mass is 16.5. The van der Waals surface area contributed by atoms with Crippen molar-refractivity contribution in [1.82, 2.24) is 14.5 Å². The van der Waals surface area contributed by atoms with Crippen LogP contribution in [0.2, 0.25) is 0 Å². The molecule has 0 saturated carbocycles. The number of anilines is 1. The molecule has 1 saturated heterocycles. The largest absolute Gasteiger partial charge is 0.419 e. The molecule has 3 aromatic rings. The summed E-state index contributed by atoms with van der Waals surface area (Å²) in [4.78, 5) is 30.0. The standard InChI is InChI=1S/C20H22N4O4/c1-23-17-5-4-15(11-18(17)28-20(23)26)22-19(25)24-9-6-16(7-10-24)27-13-14-3-2-8-21-12-14/h2-5,8,11-12,16H,6-7,9-10,13H2,1H3,(H,22,25). The van der Waals surface area contributed by atoms with Crippen molar-refractivity contribution in [2.75, 3.05) is 18.4 Å². The Morgan fingerprint density at radius 1 is 1.32 bits per heavy atom. The number of benzene rings is 1. The van der Waals surface area contributed by atoms with Crippen LogP contribution in [0.1, 0.15) is 18.4 Å². The minimum atomic E-state index is -0.424. The summed E-state index contributed by atoms with van der Waals surface area (Å²) in [5.74, 6) is -0.424. The van der Waals surface area contributed by atoms with Crippen LogP contribution in [0.15, 0.2) is 51.9 Å². The summed E-state index contributed by atoms with van der Waals surface area (Å²) in [5, 5.41) is 2.87. The number of piperidine rings is 1. The second-order valence-electron chi connectivity index (χ2n) is 6.90. The summed E-state index contributed by atoms with van der Waals surface area (Å²) < 4.78 is 12.5. The van der Waals surface area contributed by atoms with Gasteiger partial charge in [0.25, 0.3) is 0 Å². The van der Waals surface area contributed by atoms with E-state index >= 15 is 0 Å². The van der Waals surface area contributed by atoms with E-state index in [1.54, 1.807) is 42.5 Å². The van der Waals surface area contributed by atoms with Gasteiger partial charge in [-0.15, -0.1) is 0 Å². The van der Waals surface area contributed by atoms with Crippen LogP contribution in [0.25, 0.3) is 11.1 Å². The summed E-state index contributed by atoms with van der Waals surface area (Å²) >= 11 is 0. The summed E-state index contributed by atoms with van der Waals surface area (Å²) in [6.45, 7) is 1.80. The fourth-order valence-electron chi connectivity index (χ4n) is 3.34. The van der Waals surface area contributed by atoms with Crippen molar-refractivity contribution in [2.24, 2.45) is 7.05 Å². The highest BCUT2D eigenvalue weighted by molar-refractivity contribution is 5.91. The smallest absolute Gasteiger partial charge is 0.408 e. The minimum absolute atomic E-state index is 0.138. The maximum atomic E-state index is 12.5. The number of carbonyl (C=O) groups excluding carboxylic acids is 1. The maximum absolute atomic E-state index is 12.5.